The molecule has 0 spiro atoms. The highest BCUT2D eigenvalue weighted by molar-refractivity contribution is 5.87. The maximum absolute atomic E-state index is 11.7. The van der Waals surface area contributed by atoms with Gasteiger partial charge < -0.3 is 4.74 Å². The molecule has 19 heavy (non-hydrogen) atoms. The monoisotopic (exact) mass is 259 g/mol. The van der Waals surface area contributed by atoms with E-state index in [4.69, 9.17) is 4.74 Å². The smallest absolute Gasteiger partial charge is 0.358 e. The van der Waals surface area contributed by atoms with Gasteiger partial charge in [0, 0.05) is 18.1 Å². The Morgan fingerprint density at radius 1 is 1.47 bits per heavy atom. The molecule has 3 rings (SSSR count). The Morgan fingerprint density at radius 2 is 2.26 bits per heavy atom. The van der Waals surface area contributed by atoms with Crippen molar-refractivity contribution in [3.63, 3.8) is 0 Å². The summed E-state index contributed by atoms with van der Waals surface area (Å²) in [5.74, 6) is 0.743. The highest BCUT2D eigenvalue weighted by atomic mass is 16.5. The van der Waals surface area contributed by atoms with Crippen LogP contribution in [0.5, 0.6) is 0 Å². The van der Waals surface area contributed by atoms with Gasteiger partial charge in [0.1, 0.15) is 0 Å². The largest absolute Gasteiger partial charge is 0.461 e. The minimum absolute atomic E-state index is 0.333. The molecule has 5 heteroatoms. The third-order valence-corrected chi connectivity index (χ3v) is 3.66. The Morgan fingerprint density at radius 3 is 3.00 bits per heavy atom. The molecule has 100 valence electrons. The van der Waals surface area contributed by atoms with Gasteiger partial charge in [-0.1, -0.05) is 12.8 Å². The maximum atomic E-state index is 11.7. The van der Waals surface area contributed by atoms with Gasteiger partial charge in [0.05, 0.1) is 6.61 Å². The van der Waals surface area contributed by atoms with Crippen LogP contribution in [-0.4, -0.2) is 26.9 Å². The van der Waals surface area contributed by atoms with E-state index in [9.17, 15) is 4.79 Å². The summed E-state index contributed by atoms with van der Waals surface area (Å²) in [5, 5.41) is 0. The van der Waals surface area contributed by atoms with Crippen LogP contribution in [0, 0.1) is 0 Å². The summed E-state index contributed by atoms with van der Waals surface area (Å²) in [7, 11) is 0. The molecular formula is C14H17N3O2. The lowest BCUT2D eigenvalue weighted by molar-refractivity contribution is 0.0520. The highest BCUT2D eigenvalue weighted by Gasteiger charge is 2.21. The minimum atomic E-state index is -0.384. The number of carbonyl (C=O) groups excluding carboxylic acids is 1. The molecule has 1 aliphatic carbocycles. The van der Waals surface area contributed by atoms with E-state index in [2.05, 4.69) is 9.97 Å². The zero-order valence-corrected chi connectivity index (χ0v) is 11.0. The fraction of sp³-hybridized carbons (Fsp3) is 0.500. The Kier molecular flexibility index (Phi) is 3.19. The van der Waals surface area contributed by atoms with Crippen LogP contribution in [0.2, 0.25) is 0 Å². The van der Waals surface area contributed by atoms with Gasteiger partial charge in [0.25, 0.3) is 0 Å². The highest BCUT2D eigenvalue weighted by Crippen LogP contribution is 2.33. The first-order valence-corrected chi connectivity index (χ1v) is 6.80. The average Bonchev–Trinajstić information content (AvgIpc) is 3.07. The molecule has 0 aliphatic heterocycles. The van der Waals surface area contributed by atoms with Crippen LogP contribution in [-0.2, 0) is 4.74 Å². The standard InChI is InChI=1S/C14H17N3O2/c1-2-19-13(18)11-9-17-12(10-5-3-4-6-10)7-8-15-14(17)16-11/h7-10H,2-6H2,1H3. The van der Waals surface area contributed by atoms with Crippen LogP contribution < -0.4 is 0 Å². The number of carbonyl (C=O) groups is 1. The van der Waals surface area contributed by atoms with Crippen molar-refractivity contribution in [3.05, 3.63) is 29.8 Å². The van der Waals surface area contributed by atoms with Gasteiger partial charge in [-0.25, -0.2) is 14.8 Å². The van der Waals surface area contributed by atoms with Crippen molar-refractivity contribution >= 4 is 11.7 Å². The van der Waals surface area contributed by atoms with Crippen LogP contribution in [0.15, 0.2) is 18.5 Å². The van der Waals surface area contributed by atoms with Crippen molar-refractivity contribution < 1.29 is 9.53 Å². The first kappa shape index (κ1) is 12.1. The molecule has 0 N–H and O–H groups in total. The molecule has 5 nitrogen and oxygen atoms in total. The number of fused-ring (bicyclic) bond motifs is 1. The van der Waals surface area contributed by atoms with Crippen LogP contribution in [0.3, 0.4) is 0 Å². The third kappa shape index (κ3) is 2.20. The van der Waals surface area contributed by atoms with E-state index in [1.54, 1.807) is 19.3 Å². The molecule has 1 aliphatic rings. The summed E-state index contributed by atoms with van der Waals surface area (Å²) in [5.41, 5.74) is 1.53. The Hall–Kier alpha value is -1.91. The summed E-state index contributed by atoms with van der Waals surface area (Å²) in [6.07, 6.45) is 8.46. The molecule has 0 bridgehead atoms. The maximum Gasteiger partial charge on any atom is 0.358 e. The van der Waals surface area contributed by atoms with E-state index < -0.39 is 0 Å². The SMILES string of the molecule is CCOC(=O)c1cn2c(C3CCCC3)ccnc2n1. The van der Waals surface area contributed by atoms with Crippen molar-refractivity contribution in [2.24, 2.45) is 0 Å². The number of ether oxygens (including phenoxy) is 1. The minimum Gasteiger partial charge on any atom is -0.461 e. The Bertz CT molecular complexity index is 600. The molecule has 0 unspecified atom stereocenters. The van der Waals surface area contributed by atoms with Gasteiger partial charge in [-0.2, -0.15) is 0 Å². The molecule has 0 amide bonds. The number of esters is 1. The van der Waals surface area contributed by atoms with E-state index >= 15 is 0 Å². The number of nitrogens with zero attached hydrogens (tertiary/aromatic N) is 3. The lowest BCUT2D eigenvalue weighted by Gasteiger charge is -2.10. The number of imidazole rings is 1. The molecule has 0 radical (unpaired) electrons. The molecule has 1 fully saturated rings. The summed E-state index contributed by atoms with van der Waals surface area (Å²) in [4.78, 5) is 20.2. The third-order valence-electron chi connectivity index (χ3n) is 3.66. The van der Waals surface area contributed by atoms with E-state index in [1.165, 1.54) is 31.4 Å². The summed E-state index contributed by atoms with van der Waals surface area (Å²) >= 11 is 0. The van der Waals surface area contributed by atoms with Crippen LogP contribution in [0.4, 0.5) is 0 Å². The molecule has 0 atom stereocenters. The molecule has 1 saturated carbocycles. The van der Waals surface area contributed by atoms with Gasteiger partial charge >= 0.3 is 5.97 Å². The van der Waals surface area contributed by atoms with Crippen LogP contribution in [0.1, 0.15) is 54.7 Å². The average molecular weight is 259 g/mol. The summed E-state index contributed by atoms with van der Waals surface area (Å²) < 4.78 is 6.91. The normalized spacial score (nSPS) is 16.1. The fourth-order valence-electron chi connectivity index (χ4n) is 2.77. The Balaban J connectivity index is 2.02. The first-order chi connectivity index (χ1) is 9.29. The van der Waals surface area contributed by atoms with Crippen LogP contribution >= 0.6 is 0 Å². The zero-order chi connectivity index (χ0) is 13.2. The first-order valence-electron chi connectivity index (χ1n) is 6.80. The van der Waals surface area contributed by atoms with Crippen LogP contribution in [0.25, 0.3) is 5.78 Å². The van der Waals surface area contributed by atoms with Gasteiger partial charge in [0.2, 0.25) is 5.78 Å². The fourth-order valence-corrected chi connectivity index (χ4v) is 2.77. The topological polar surface area (TPSA) is 56.5 Å². The molecule has 2 heterocycles. The van der Waals surface area contributed by atoms with Gasteiger partial charge in [-0.15, -0.1) is 0 Å². The van der Waals surface area contributed by atoms with Crippen molar-refractivity contribution in [3.8, 4) is 0 Å². The second-order valence-electron chi connectivity index (χ2n) is 4.87. The molecular weight excluding hydrogens is 242 g/mol. The molecule has 2 aromatic rings. The van der Waals surface area contributed by atoms with Gasteiger partial charge in [-0.3, -0.25) is 4.40 Å². The second kappa shape index (κ2) is 4.99. The van der Waals surface area contributed by atoms with Crippen molar-refractivity contribution in [2.75, 3.05) is 6.61 Å². The van der Waals surface area contributed by atoms with E-state index in [0.717, 1.165) is 0 Å². The lowest BCUT2D eigenvalue weighted by Crippen LogP contribution is -2.04. The summed E-state index contributed by atoms with van der Waals surface area (Å²) in [6.45, 7) is 2.14. The number of rotatable bonds is 3. The number of hydrogen-bond donors (Lipinski definition) is 0. The predicted molar refractivity (Wildman–Crippen MR) is 70.2 cm³/mol. The van der Waals surface area contributed by atoms with E-state index in [1.807, 2.05) is 10.5 Å². The zero-order valence-electron chi connectivity index (χ0n) is 11.0. The van der Waals surface area contributed by atoms with Crippen molar-refractivity contribution in [1.82, 2.24) is 14.4 Å². The quantitative estimate of drug-likeness (QED) is 0.795. The van der Waals surface area contributed by atoms with Crippen molar-refractivity contribution in [1.29, 1.82) is 0 Å². The number of hydrogen-bond acceptors (Lipinski definition) is 4. The van der Waals surface area contributed by atoms with E-state index in [0.29, 0.717) is 24.0 Å². The van der Waals surface area contributed by atoms with Gasteiger partial charge in [0.15, 0.2) is 5.69 Å². The van der Waals surface area contributed by atoms with Gasteiger partial charge in [-0.05, 0) is 31.7 Å². The number of aromatic nitrogens is 3. The Labute approximate surface area is 111 Å². The summed E-state index contributed by atoms with van der Waals surface area (Å²) in [6, 6.07) is 2.03. The van der Waals surface area contributed by atoms with Crippen molar-refractivity contribution in [2.45, 2.75) is 38.5 Å². The molecule has 0 saturated heterocycles. The molecule has 0 aromatic carbocycles. The second-order valence-corrected chi connectivity index (χ2v) is 4.87. The van der Waals surface area contributed by atoms with E-state index in [-0.39, 0.29) is 5.97 Å². The lowest BCUT2D eigenvalue weighted by atomic mass is 10.0. The molecule has 2 aromatic heterocycles. The predicted octanol–water partition coefficient (Wildman–Crippen LogP) is 2.56.